The molecule has 5 N–H and O–H groups in total. The largest absolute Gasteiger partial charge is 0.429 e. The van der Waals surface area contributed by atoms with Crippen LogP contribution in [0.4, 0.5) is 0 Å². The minimum atomic E-state index is -1.62. The quantitative estimate of drug-likeness (QED) is 0.225. The normalized spacial score (nSPS) is 31.9. The summed E-state index contributed by atoms with van der Waals surface area (Å²) in [5.74, 6) is -0.733. The van der Waals surface area contributed by atoms with Crippen LogP contribution in [0, 0.1) is 0 Å². The van der Waals surface area contributed by atoms with Gasteiger partial charge in [-0.15, -0.1) is 0 Å². The maximum atomic E-state index is 12.0. The highest BCUT2D eigenvalue weighted by Crippen LogP contribution is 2.22. The molecule has 0 amide bonds. The molecule has 8 nitrogen and oxygen atoms in total. The SMILES string of the molecule is CC(=CCO)CCC=C(C)C(=O)OC1OC(CO)C(O)C(O)C1O. The molecule has 0 bridgehead atoms. The molecule has 0 aromatic rings. The van der Waals surface area contributed by atoms with Gasteiger partial charge in [0, 0.05) is 5.57 Å². The highest BCUT2D eigenvalue weighted by Gasteiger charge is 2.45. The van der Waals surface area contributed by atoms with Crippen molar-refractivity contribution < 1.29 is 39.8 Å². The van der Waals surface area contributed by atoms with Crippen LogP contribution in [0.25, 0.3) is 0 Å². The van der Waals surface area contributed by atoms with Crippen LogP contribution in [0.2, 0.25) is 0 Å². The van der Waals surface area contributed by atoms with E-state index in [4.69, 9.17) is 19.7 Å². The molecule has 138 valence electrons. The molecule has 0 aliphatic carbocycles. The topological polar surface area (TPSA) is 137 Å². The van der Waals surface area contributed by atoms with Crippen molar-refractivity contribution in [1.82, 2.24) is 0 Å². The van der Waals surface area contributed by atoms with Crippen molar-refractivity contribution >= 4 is 5.97 Å². The summed E-state index contributed by atoms with van der Waals surface area (Å²) in [5.41, 5.74) is 1.28. The van der Waals surface area contributed by atoms with Gasteiger partial charge in [-0.3, -0.25) is 0 Å². The van der Waals surface area contributed by atoms with Gasteiger partial charge >= 0.3 is 5.97 Å². The fourth-order valence-corrected chi connectivity index (χ4v) is 2.22. The van der Waals surface area contributed by atoms with Crippen LogP contribution in [-0.4, -0.2) is 75.4 Å². The van der Waals surface area contributed by atoms with Gasteiger partial charge in [0.15, 0.2) is 0 Å². The lowest BCUT2D eigenvalue weighted by Crippen LogP contribution is -2.59. The van der Waals surface area contributed by atoms with Crippen molar-refractivity contribution in [3.05, 3.63) is 23.3 Å². The number of carbonyl (C=O) groups is 1. The Hall–Kier alpha value is -1.29. The van der Waals surface area contributed by atoms with Gasteiger partial charge in [-0.2, -0.15) is 0 Å². The van der Waals surface area contributed by atoms with Gasteiger partial charge in [0.05, 0.1) is 13.2 Å². The van der Waals surface area contributed by atoms with E-state index in [9.17, 15) is 20.1 Å². The summed E-state index contributed by atoms with van der Waals surface area (Å²) in [7, 11) is 0. The number of carbonyl (C=O) groups excluding carboxylic acids is 1. The van der Waals surface area contributed by atoms with Gasteiger partial charge in [-0.05, 0) is 26.7 Å². The van der Waals surface area contributed by atoms with E-state index < -0.39 is 43.3 Å². The van der Waals surface area contributed by atoms with Crippen LogP contribution in [0.5, 0.6) is 0 Å². The zero-order valence-corrected chi connectivity index (χ0v) is 13.8. The first-order chi connectivity index (χ1) is 11.3. The Bertz CT molecular complexity index is 471. The van der Waals surface area contributed by atoms with Crippen LogP contribution >= 0.6 is 0 Å². The third kappa shape index (κ3) is 5.66. The number of rotatable bonds is 7. The number of hydrogen-bond acceptors (Lipinski definition) is 8. The minimum Gasteiger partial charge on any atom is -0.429 e. The first kappa shape index (κ1) is 20.8. The standard InChI is InChI=1S/C16H26O8/c1-9(6-7-17)4-3-5-10(2)15(22)24-16-14(21)13(20)12(19)11(8-18)23-16/h5-6,11-14,16-21H,3-4,7-8H2,1-2H3. The number of esters is 1. The number of hydrogen-bond donors (Lipinski definition) is 5. The monoisotopic (exact) mass is 346 g/mol. The lowest BCUT2D eigenvalue weighted by Gasteiger charge is -2.39. The van der Waals surface area contributed by atoms with Crippen molar-refractivity contribution in [3.63, 3.8) is 0 Å². The second-order valence-electron chi connectivity index (χ2n) is 5.76. The van der Waals surface area contributed by atoms with Crippen LogP contribution < -0.4 is 0 Å². The molecule has 0 radical (unpaired) electrons. The molecule has 0 aromatic heterocycles. The summed E-state index contributed by atoms with van der Waals surface area (Å²) >= 11 is 0. The van der Waals surface area contributed by atoms with E-state index in [0.717, 1.165) is 5.57 Å². The summed E-state index contributed by atoms with van der Waals surface area (Å²) in [6, 6.07) is 0. The van der Waals surface area contributed by atoms with Crippen LogP contribution in [0.15, 0.2) is 23.3 Å². The Morgan fingerprint density at radius 2 is 1.75 bits per heavy atom. The second-order valence-corrected chi connectivity index (χ2v) is 5.76. The zero-order chi connectivity index (χ0) is 18.3. The Kier molecular flexibility index (Phi) is 8.54. The molecule has 5 unspecified atom stereocenters. The second kappa shape index (κ2) is 9.87. The minimum absolute atomic E-state index is 0.0340. The molecular weight excluding hydrogens is 320 g/mol. The maximum Gasteiger partial charge on any atom is 0.335 e. The molecule has 24 heavy (non-hydrogen) atoms. The van der Waals surface area contributed by atoms with Gasteiger partial charge in [-0.1, -0.05) is 17.7 Å². The molecule has 1 rings (SSSR count). The number of aliphatic hydroxyl groups excluding tert-OH is 5. The van der Waals surface area contributed by atoms with Crippen LogP contribution in [0.1, 0.15) is 26.7 Å². The molecule has 1 fully saturated rings. The summed E-state index contributed by atoms with van der Waals surface area (Å²) in [6.07, 6.45) is -2.75. The average molecular weight is 346 g/mol. The Labute approximate surface area is 140 Å². The summed E-state index contributed by atoms with van der Waals surface area (Å²) < 4.78 is 10.1. The van der Waals surface area contributed by atoms with E-state index in [2.05, 4.69) is 0 Å². The smallest absolute Gasteiger partial charge is 0.335 e. The van der Waals surface area contributed by atoms with Gasteiger partial charge in [-0.25, -0.2) is 4.79 Å². The molecule has 0 spiro atoms. The fourth-order valence-electron chi connectivity index (χ4n) is 2.22. The average Bonchev–Trinajstić information content (AvgIpc) is 2.55. The van der Waals surface area contributed by atoms with E-state index in [0.29, 0.717) is 18.4 Å². The van der Waals surface area contributed by atoms with E-state index in [-0.39, 0.29) is 6.61 Å². The highest BCUT2D eigenvalue weighted by atomic mass is 16.7. The molecule has 8 heteroatoms. The molecule has 1 saturated heterocycles. The molecule has 5 atom stereocenters. The first-order valence-electron chi connectivity index (χ1n) is 7.76. The zero-order valence-electron chi connectivity index (χ0n) is 13.8. The van der Waals surface area contributed by atoms with E-state index in [1.807, 2.05) is 6.92 Å². The third-order valence-corrected chi connectivity index (χ3v) is 3.82. The molecule has 1 heterocycles. The van der Waals surface area contributed by atoms with Crippen molar-refractivity contribution in [2.45, 2.75) is 57.4 Å². The fraction of sp³-hybridized carbons (Fsp3) is 0.688. The highest BCUT2D eigenvalue weighted by molar-refractivity contribution is 5.87. The number of ether oxygens (including phenoxy) is 2. The van der Waals surface area contributed by atoms with E-state index in [1.54, 1.807) is 12.2 Å². The molecule has 1 aliphatic heterocycles. The third-order valence-electron chi connectivity index (χ3n) is 3.82. The summed E-state index contributed by atoms with van der Waals surface area (Å²) in [5, 5.41) is 47.0. The summed E-state index contributed by atoms with van der Waals surface area (Å²) in [4.78, 5) is 12.0. The Balaban J connectivity index is 2.60. The van der Waals surface area contributed by atoms with Gasteiger partial charge in [0.2, 0.25) is 6.29 Å². The van der Waals surface area contributed by atoms with Crippen molar-refractivity contribution in [2.24, 2.45) is 0 Å². The molecule has 1 aliphatic rings. The lowest BCUT2D eigenvalue weighted by atomic mass is 9.99. The van der Waals surface area contributed by atoms with E-state index in [1.165, 1.54) is 6.92 Å². The predicted molar refractivity (Wildman–Crippen MR) is 83.7 cm³/mol. The van der Waals surface area contributed by atoms with Gasteiger partial charge in [0.25, 0.3) is 0 Å². The van der Waals surface area contributed by atoms with Crippen LogP contribution in [-0.2, 0) is 14.3 Å². The summed E-state index contributed by atoms with van der Waals surface area (Å²) in [6.45, 7) is 2.78. The molecular formula is C16H26O8. The van der Waals surface area contributed by atoms with Gasteiger partial charge < -0.3 is 35.0 Å². The van der Waals surface area contributed by atoms with E-state index >= 15 is 0 Å². The Morgan fingerprint density at radius 3 is 2.33 bits per heavy atom. The van der Waals surface area contributed by atoms with Crippen molar-refractivity contribution in [3.8, 4) is 0 Å². The first-order valence-corrected chi connectivity index (χ1v) is 7.76. The predicted octanol–water partition coefficient (Wildman–Crippen LogP) is -1.01. The number of aliphatic hydroxyl groups is 5. The number of allylic oxidation sites excluding steroid dienone is 2. The maximum absolute atomic E-state index is 12.0. The molecule has 0 aromatic carbocycles. The lowest BCUT2D eigenvalue weighted by molar-refractivity contribution is -0.291. The van der Waals surface area contributed by atoms with Crippen molar-refractivity contribution in [2.75, 3.05) is 13.2 Å². The van der Waals surface area contributed by atoms with Crippen molar-refractivity contribution in [1.29, 1.82) is 0 Å². The molecule has 0 saturated carbocycles. The Morgan fingerprint density at radius 1 is 1.08 bits per heavy atom. The van der Waals surface area contributed by atoms with Gasteiger partial charge in [0.1, 0.15) is 24.4 Å². The van der Waals surface area contributed by atoms with Crippen LogP contribution in [0.3, 0.4) is 0 Å².